The first-order valence-corrected chi connectivity index (χ1v) is 20.0. The van der Waals surface area contributed by atoms with Gasteiger partial charge < -0.3 is 4.74 Å². The average Bonchev–Trinajstić information content (AvgIpc) is 2.99. The summed E-state index contributed by atoms with van der Waals surface area (Å²) in [6.45, 7) is 8.60. The fourth-order valence-corrected chi connectivity index (χ4v) is 6.23. The van der Waals surface area contributed by atoms with E-state index in [1.165, 1.54) is 199 Å². The van der Waals surface area contributed by atoms with Gasteiger partial charge in [0, 0.05) is 12.8 Å². The Morgan fingerprint density at radius 2 is 0.628 bits per heavy atom. The molecule has 0 aromatic heterocycles. The van der Waals surface area contributed by atoms with Crippen molar-refractivity contribution in [1.29, 1.82) is 0 Å². The molecule has 0 spiro atoms. The second kappa shape index (κ2) is 37.4. The minimum absolute atomic E-state index is 0.0398. The van der Waals surface area contributed by atoms with Crippen molar-refractivity contribution in [2.75, 3.05) is 6.61 Å². The Bertz CT molecular complexity index is 554. The number of carbonyl (C=O) groups is 1. The topological polar surface area (TPSA) is 26.3 Å². The molecular formula is C41H80O2. The molecule has 2 nitrogen and oxygen atoms in total. The maximum Gasteiger partial charge on any atom is 0.305 e. The van der Waals surface area contributed by atoms with E-state index in [0.717, 1.165) is 24.8 Å². The van der Waals surface area contributed by atoms with Crippen molar-refractivity contribution in [3.05, 3.63) is 12.2 Å². The normalized spacial score (nSPS) is 11.3. The van der Waals surface area contributed by atoms with E-state index in [4.69, 9.17) is 4.74 Å². The monoisotopic (exact) mass is 605 g/mol. The summed E-state index contributed by atoms with van der Waals surface area (Å²) < 4.78 is 5.22. The van der Waals surface area contributed by atoms with Crippen LogP contribution < -0.4 is 0 Å². The molecule has 0 bridgehead atoms. The lowest BCUT2D eigenvalue weighted by Crippen LogP contribution is -2.05. The van der Waals surface area contributed by atoms with E-state index in [-0.39, 0.29) is 5.97 Å². The molecule has 0 fully saturated rings. The third-order valence-electron chi connectivity index (χ3n) is 9.28. The Morgan fingerprint density at radius 3 is 0.860 bits per heavy atom. The van der Waals surface area contributed by atoms with E-state index in [1.807, 2.05) is 6.92 Å². The number of rotatable bonds is 37. The molecule has 0 saturated heterocycles. The Hall–Kier alpha value is -0.790. The second-order valence-corrected chi connectivity index (χ2v) is 14.0. The van der Waals surface area contributed by atoms with Gasteiger partial charge in [-0.3, -0.25) is 4.79 Å². The highest BCUT2D eigenvalue weighted by molar-refractivity contribution is 5.69. The predicted octanol–water partition coefficient (Wildman–Crippen LogP) is 14.8. The molecule has 0 aliphatic carbocycles. The van der Waals surface area contributed by atoms with Crippen molar-refractivity contribution < 1.29 is 9.53 Å². The van der Waals surface area contributed by atoms with Crippen LogP contribution in [0.2, 0.25) is 0 Å². The number of hydrogen-bond acceptors (Lipinski definition) is 2. The summed E-state index contributed by atoms with van der Waals surface area (Å²) in [5.74, 6) is -0.0398. The van der Waals surface area contributed by atoms with Gasteiger partial charge in [-0.1, -0.05) is 218 Å². The van der Waals surface area contributed by atoms with E-state index in [1.54, 1.807) is 0 Å². The summed E-state index contributed by atoms with van der Waals surface area (Å²) in [5.41, 5.74) is 1.07. The molecule has 0 radical (unpaired) electrons. The third kappa shape index (κ3) is 39.2. The molecule has 0 atom stereocenters. The van der Waals surface area contributed by atoms with Gasteiger partial charge in [0.25, 0.3) is 0 Å². The summed E-state index contributed by atoms with van der Waals surface area (Å²) in [4.78, 5) is 11.6. The minimum Gasteiger partial charge on any atom is -0.465 e. The summed E-state index contributed by atoms with van der Waals surface area (Å²) >= 11 is 0. The van der Waals surface area contributed by atoms with E-state index >= 15 is 0 Å². The minimum atomic E-state index is -0.0398. The van der Waals surface area contributed by atoms with E-state index in [2.05, 4.69) is 13.5 Å². The van der Waals surface area contributed by atoms with Gasteiger partial charge in [0.15, 0.2) is 0 Å². The van der Waals surface area contributed by atoms with Crippen LogP contribution >= 0.6 is 0 Å². The van der Waals surface area contributed by atoms with Crippen LogP contribution in [0, 0.1) is 0 Å². The molecule has 0 aromatic rings. The molecule has 0 saturated carbocycles. The first-order chi connectivity index (χ1) is 21.2. The van der Waals surface area contributed by atoms with Crippen LogP contribution in [-0.4, -0.2) is 12.6 Å². The number of ether oxygens (including phenoxy) is 1. The molecule has 0 aliphatic heterocycles. The number of esters is 1. The van der Waals surface area contributed by atoms with Crippen molar-refractivity contribution >= 4 is 5.97 Å². The first-order valence-electron chi connectivity index (χ1n) is 20.0. The molecule has 43 heavy (non-hydrogen) atoms. The predicted molar refractivity (Wildman–Crippen MR) is 193 cm³/mol. The quantitative estimate of drug-likeness (QED) is 0.0400. The highest BCUT2D eigenvalue weighted by Gasteiger charge is 2.02. The van der Waals surface area contributed by atoms with Gasteiger partial charge in [0.1, 0.15) is 0 Å². The van der Waals surface area contributed by atoms with E-state index in [9.17, 15) is 4.79 Å². The van der Waals surface area contributed by atoms with Gasteiger partial charge in [-0.2, -0.15) is 0 Å². The van der Waals surface area contributed by atoms with E-state index < -0.39 is 0 Å². The zero-order valence-electron chi connectivity index (χ0n) is 30.0. The molecule has 0 aromatic carbocycles. The summed E-state index contributed by atoms with van der Waals surface area (Å²) in [7, 11) is 0. The van der Waals surface area contributed by atoms with E-state index in [0.29, 0.717) is 13.0 Å². The lowest BCUT2D eigenvalue weighted by atomic mass is 10.0. The van der Waals surface area contributed by atoms with Crippen molar-refractivity contribution in [2.24, 2.45) is 0 Å². The second-order valence-electron chi connectivity index (χ2n) is 14.0. The lowest BCUT2D eigenvalue weighted by Gasteiger charge is -2.05. The zero-order chi connectivity index (χ0) is 31.3. The highest BCUT2D eigenvalue weighted by Crippen LogP contribution is 2.17. The van der Waals surface area contributed by atoms with Gasteiger partial charge in [-0.05, 0) is 13.3 Å². The van der Waals surface area contributed by atoms with Crippen LogP contribution in [0.3, 0.4) is 0 Å². The van der Waals surface area contributed by atoms with Gasteiger partial charge in [0.2, 0.25) is 0 Å². The van der Waals surface area contributed by atoms with Crippen molar-refractivity contribution in [3.63, 3.8) is 0 Å². The van der Waals surface area contributed by atoms with Crippen molar-refractivity contribution in [1.82, 2.24) is 0 Å². The van der Waals surface area contributed by atoms with Crippen LogP contribution in [0.1, 0.15) is 239 Å². The summed E-state index contributed by atoms with van der Waals surface area (Å²) in [6.07, 6.45) is 48.3. The maximum atomic E-state index is 11.6. The average molecular weight is 605 g/mol. The molecule has 0 N–H and O–H groups in total. The number of hydrogen-bond donors (Lipinski definition) is 0. The van der Waals surface area contributed by atoms with Crippen LogP contribution in [-0.2, 0) is 9.53 Å². The lowest BCUT2D eigenvalue weighted by molar-refractivity contribution is -0.143. The van der Waals surface area contributed by atoms with Crippen molar-refractivity contribution in [2.45, 2.75) is 239 Å². The van der Waals surface area contributed by atoms with Gasteiger partial charge in [-0.15, -0.1) is 6.58 Å². The molecule has 0 rings (SSSR count). The van der Waals surface area contributed by atoms with Crippen LogP contribution in [0.4, 0.5) is 0 Å². The molecule has 0 unspecified atom stereocenters. The molecule has 0 heterocycles. The Labute approximate surface area is 272 Å². The molecule has 0 amide bonds. The van der Waals surface area contributed by atoms with Gasteiger partial charge in [-0.25, -0.2) is 0 Å². The maximum absolute atomic E-state index is 11.6. The Kier molecular flexibility index (Phi) is 36.7. The fraction of sp³-hybridized carbons (Fsp3) is 0.927. The van der Waals surface area contributed by atoms with Crippen LogP contribution in [0.25, 0.3) is 0 Å². The zero-order valence-corrected chi connectivity index (χ0v) is 30.0. The smallest absolute Gasteiger partial charge is 0.305 e. The first kappa shape index (κ1) is 42.2. The van der Waals surface area contributed by atoms with Crippen LogP contribution in [0.15, 0.2) is 12.2 Å². The Morgan fingerprint density at radius 1 is 0.395 bits per heavy atom. The summed E-state index contributed by atoms with van der Waals surface area (Å²) in [6, 6.07) is 0. The number of carbonyl (C=O) groups excluding carboxylic acids is 1. The highest BCUT2D eigenvalue weighted by atomic mass is 16.5. The largest absolute Gasteiger partial charge is 0.465 e. The van der Waals surface area contributed by atoms with Gasteiger partial charge in [0.05, 0.1) is 6.61 Å². The molecule has 0 aliphatic rings. The van der Waals surface area contributed by atoms with Crippen LogP contribution in [0.5, 0.6) is 0 Å². The SMILES string of the molecule is C=C(C)CCOC(=O)CCCCCCCCCCCCCCCCCCCCCCCCCCCCCCCCCCC. The summed E-state index contributed by atoms with van der Waals surface area (Å²) in [5, 5.41) is 0. The molecular weight excluding hydrogens is 524 g/mol. The molecule has 2 heteroatoms. The van der Waals surface area contributed by atoms with Crippen molar-refractivity contribution in [3.8, 4) is 0 Å². The standard InChI is InChI=1S/C41H80O2/c1-4-5-6-7-8-9-10-11-12-13-14-15-16-17-18-19-20-21-22-23-24-25-26-27-28-29-30-31-32-33-34-35-36-37-41(42)43-39-38-40(2)3/h2,4-39H2,1,3H3. The third-order valence-corrected chi connectivity index (χ3v) is 9.28. The van der Waals surface area contributed by atoms with Gasteiger partial charge >= 0.3 is 5.97 Å². The fourth-order valence-electron chi connectivity index (χ4n) is 6.23. The Balaban J connectivity index is 3.08. The molecule has 256 valence electrons. The number of unbranched alkanes of at least 4 members (excludes halogenated alkanes) is 32.